The number of piperidine rings is 1. The van der Waals surface area contributed by atoms with Crippen LogP contribution >= 0.6 is 0 Å². The molecule has 1 aliphatic heterocycles. The maximum atomic E-state index is 10.9. The number of nitrogens with zero attached hydrogens (tertiary/aromatic N) is 3. The normalized spacial score (nSPS) is 15.9. The molecule has 8 nitrogen and oxygen atoms in total. The number of hydrogen-bond acceptors (Lipinski definition) is 8. The molecule has 3 aromatic rings. The molecule has 1 aromatic heterocycles. The first kappa shape index (κ1) is 22.2. The summed E-state index contributed by atoms with van der Waals surface area (Å²) in [5, 5.41) is 3.43. The van der Waals surface area contributed by atoms with Crippen LogP contribution in [-0.2, 0) is 11.1 Å². The zero-order chi connectivity index (χ0) is 22.3. The molecule has 0 aliphatic carbocycles. The molecule has 3 N–H and O–H groups in total. The molecule has 1 unspecified atom stereocenters. The van der Waals surface area contributed by atoms with E-state index in [4.69, 9.17) is 10.5 Å². The Morgan fingerprint density at radius 1 is 1.06 bits per heavy atom. The van der Waals surface area contributed by atoms with Crippen molar-refractivity contribution in [2.24, 2.45) is 5.92 Å². The van der Waals surface area contributed by atoms with Gasteiger partial charge < -0.3 is 20.3 Å². The van der Waals surface area contributed by atoms with E-state index in [1.807, 2.05) is 59.5 Å². The highest BCUT2D eigenvalue weighted by Gasteiger charge is 2.20. The average molecular weight is 453 g/mol. The molecule has 2 heterocycles. The Hall–Kier alpha value is -3.01. The van der Waals surface area contributed by atoms with E-state index in [2.05, 4.69) is 15.3 Å². The van der Waals surface area contributed by atoms with E-state index in [9.17, 15) is 8.76 Å². The molecule has 9 heteroatoms. The fraction of sp³-hybridized carbons (Fsp3) is 0.304. The van der Waals surface area contributed by atoms with Crippen LogP contribution in [0, 0.1) is 5.92 Å². The maximum absolute atomic E-state index is 10.9. The van der Waals surface area contributed by atoms with Crippen molar-refractivity contribution >= 4 is 22.7 Å². The minimum absolute atomic E-state index is 0.108. The zero-order valence-corrected chi connectivity index (χ0v) is 18.5. The maximum Gasteiger partial charge on any atom is 0.139 e. The van der Waals surface area contributed by atoms with E-state index in [0.29, 0.717) is 17.6 Å². The van der Waals surface area contributed by atoms with Crippen molar-refractivity contribution in [3.63, 3.8) is 0 Å². The number of nitrogens with two attached hydrogens (primary N) is 1. The lowest BCUT2D eigenvalue weighted by Gasteiger charge is -2.32. The second-order valence-corrected chi connectivity index (χ2v) is 8.66. The molecule has 0 radical (unpaired) electrons. The molecule has 168 valence electrons. The Morgan fingerprint density at radius 3 is 2.44 bits per heavy atom. The molecular formula is C23H26N5O3S-. The van der Waals surface area contributed by atoms with Crippen LogP contribution in [0.3, 0.4) is 0 Å². The standard InChI is InChI=1S/C23H27N5O3S/c24-22-21(18-6-8-20(9-7-18)31-19-4-2-1-3-5-19)23(27-15-26-22)25-14-17-10-12-28(13-11-17)16-32(29)30/h1-9,15,17H,10-14,16H2,(H,29,30)(H3,24,25,26,27)/p-1. The number of anilines is 2. The summed E-state index contributed by atoms with van der Waals surface area (Å²) in [5.41, 5.74) is 7.86. The highest BCUT2D eigenvalue weighted by atomic mass is 32.2. The Balaban J connectivity index is 1.41. The molecule has 0 amide bonds. The van der Waals surface area contributed by atoms with Gasteiger partial charge in [0.1, 0.15) is 29.5 Å². The van der Waals surface area contributed by atoms with Gasteiger partial charge in [0.05, 0.1) is 11.4 Å². The van der Waals surface area contributed by atoms with Gasteiger partial charge in [-0.2, -0.15) is 0 Å². The van der Waals surface area contributed by atoms with Gasteiger partial charge in [-0.3, -0.25) is 9.11 Å². The zero-order valence-electron chi connectivity index (χ0n) is 17.6. The van der Waals surface area contributed by atoms with Crippen LogP contribution < -0.4 is 15.8 Å². The summed E-state index contributed by atoms with van der Waals surface area (Å²) in [6, 6.07) is 17.3. The summed E-state index contributed by atoms with van der Waals surface area (Å²) < 4.78 is 27.6. The fourth-order valence-corrected chi connectivity index (χ4v) is 4.40. The first-order chi connectivity index (χ1) is 15.6. The van der Waals surface area contributed by atoms with Crippen molar-refractivity contribution in [2.75, 3.05) is 36.6 Å². The molecule has 1 saturated heterocycles. The van der Waals surface area contributed by atoms with E-state index >= 15 is 0 Å². The summed E-state index contributed by atoms with van der Waals surface area (Å²) in [5.74, 6) is 3.16. The van der Waals surface area contributed by atoms with Crippen LogP contribution in [0.15, 0.2) is 60.9 Å². The third kappa shape index (κ3) is 5.82. The lowest BCUT2D eigenvalue weighted by atomic mass is 9.97. The first-order valence-electron chi connectivity index (χ1n) is 10.5. The number of ether oxygens (including phenoxy) is 1. The van der Waals surface area contributed by atoms with Crippen LogP contribution in [0.25, 0.3) is 11.1 Å². The Kier molecular flexibility index (Phi) is 7.31. The van der Waals surface area contributed by atoms with E-state index in [1.54, 1.807) is 0 Å². The van der Waals surface area contributed by atoms with Crippen LogP contribution in [0.2, 0.25) is 0 Å². The van der Waals surface area contributed by atoms with Crippen molar-refractivity contribution in [2.45, 2.75) is 12.8 Å². The van der Waals surface area contributed by atoms with Gasteiger partial charge in [-0.15, -0.1) is 0 Å². The van der Waals surface area contributed by atoms with Gasteiger partial charge >= 0.3 is 0 Å². The number of hydrogen-bond donors (Lipinski definition) is 2. The summed E-state index contributed by atoms with van der Waals surface area (Å²) in [6.07, 6.45) is 3.33. The van der Waals surface area contributed by atoms with Gasteiger partial charge in [0, 0.05) is 6.54 Å². The average Bonchev–Trinajstić information content (AvgIpc) is 2.80. The number of likely N-dealkylation sites (tertiary alicyclic amines) is 1. The summed E-state index contributed by atoms with van der Waals surface area (Å²) >= 11 is -2.03. The van der Waals surface area contributed by atoms with E-state index in [-0.39, 0.29) is 5.88 Å². The molecule has 32 heavy (non-hydrogen) atoms. The van der Waals surface area contributed by atoms with Crippen LogP contribution in [0.5, 0.6) is 11.5 Å². The van der Waals surface area contributed by atoms with Gasteiger partial charge in [0.2, 0.25) is 0 Å². The molecule has 0 spiro atoms. The fourth-order valence-electron chi connectivity index (χ4n) is 3.84. The van der Waals surface area contributed by atoms with Gasteiger partial charge in [-0.1, -0.05) is 30.3 Å². The minimum atomic E-state index is -2.03. The Labute approximate surface area is 190 Å². The number of nitrogens with one attached hydrogen (secondary N) is 1. The van der Waals surface area contributed by atoms with Crippen molar-refractivity contribution in [3.05, 3.63) is 60.9 Å². The first-order valence-corrected chi connectivity index (χ1v) is 11.8. The third-order valence-electron chi connectivity index (χ3n) is 5.55. The van der Waals surface area contributed by atoms with Crippen LogP contribution in [0.4, 0.5) is 11.6 Å². The predicted molar refractivity (Wildman–Crippen MR) is 125 cm³/mol. The third-order valence-corrected chi connectivity index (χ3v) is 6.13. The van der Waals surface area contributed by atoms with Crippen LogP contribution in [0.1, 0.15) is 12.8 Å². The molecule has 1 aliphatic rings. The van der Waals surface area contributed by atoms with Crippen molar-refractivity contribution in [1.29, 1.82) is 0 Å². The van der Waals surface area contributed by atoms with E-state index in [1.165, 1.54) is 6.33 Å². The smallest absolute Gasteiger partial charge is 0.139 e. The van der Waals surface area contributed by atoms with Crippen molar-refractivity contribution in [1.82, 2.24) is 14.9 Å². The second kappa shape index (κ2) is 10.5. The lowest BCUT2D eigenvalue weighted by Crippen LogP contribution is -2.37. The minimum Gasteiger partial charge on any atom is -0.771 e. The number of aromatic nitrogens is 2. The van der Waals surface area contributed by atoms with Crippen molar-refractivity contribution in [3.8, 4) is 22.6 Å². The van der Waals surface area contributed by atoms with Gasteiger partial charge in [-0.05, 0) is 72.8 Å². The topological polar surface area (TPSA) is 116 Å². The van der Waals surface area contributed by atoms with Gasteiger partial charge in [-0.25, -0.2) is 9.97 Å². The SMILES string of the molecule is Nc1ncnc(NCC2CCN(CS(=O)[O-])CC2)c1-c1ccc(Oc2ccccc2)cc1. The van der Waals surface area contributed by atoms with Gasteiger partial charge in [0.25, 0.3) is 0 Å². The Morgan fingerprint density at radius 2 is 1.75 bits per heavy atom. The quantitative estimate of drug-likeness (QED) is 0.499. The summed E-state index contributed by atoms with van der Waals surface area (Å²) in [7, 11) is 0. The number of nitrogen functional groups attached to an aromatic ring is 1. The molecule has 2 aromatic carbocycles. The number of para-hydroxylation sites is 1. The molecule has 4 rings (SSSR count). The molecule has 0 bridgehead atoms. The molecule has 1 atom stereocenters. The lowest BCUT2D eigenvalue weighted by molar-refractivity contribution is 0.213. The van der Waals surface area contributed by atoms with Crippen LogP contribution in [-0.4, -0.2) is 49.1 Å². The van der Waals surface area contributed by atoms with Crippen molar-refractivity contribution < 1.29 is 13.5 Å². The monoisotopic (exact) mass is 452 g/mol. The van der Waals surface area contributed by atoms with Gasteiger partial charge in [0.15, 0.2) is 0 Å². The number of benzene rings is 2. The summed E-state index contributed by atoms with van der Waals surface area (Å²) in [4.78, 5) is 10.6. The predicted octanol–water partition coefficient (Wildman–Crippen LogP) is 3.48. The largest absolute Gasteiger partial charge is 0.771 e. The second-order valence-electron chi connectivity index (χ2n) is 7.80. The highest BCUT2D eigenvalue weighted by Crippen LogP contribution is 2.33. The molecule has 1 fully saturated rings. The van der Waals surface area contributed by atoms with E-state index < -0.39 is 11.1 Å². The highest BCUT2D eigenvalue weighted by molar-refractivity contribution is 7.79. The molecular weight excluding hydrogens is 426 g/mol. The summed E-state index contributed by atoms with van der Waals surface area (Å²) in [6.45, 7) is 2.30. The number of rotatable bonds is 8. The molecule has 0 saturated carbocycles. The Bertz CT molecular complexity index is 1040. The van der Waals surface area contributed by atoms with E-state index in [0.717, 1.165) is 55.1 Å².